The van der Waals surface area contributed by atoms with Crippen molar-refractivity contribution in [1.29, 1.82) is 0 Å². The van der Waals surface area contributed by atoms with Gasteiger partial charge in [-0.3, -0.25) is 19.3 Å². The molecular formula is C58H76ClF4N11O5S. The van der Waals surface area contributed by atoms with Crippen LogP contribution in [0.1, 0.15) is 134 Å². The summed E-state index contributed by atoms with van der Waals surface area (Å²) < 4.78 is 66.9. The molecule has 0 radical (unpaired) electrons. The molecule has 0 bridgehead atoms. The Bertz CT molecular complexity index is 3000. The average molecular weight is 1150 g/mol. The summed E-state index contributed by atoms with van der Waals surface area (Å²) in [5.74, 6) is -1.83. The summed E-state index contributed by atoms with van der Waals surface area (Å²) in [4.78, 5) is 65.8. The number of carbonyl (C=O) groups is 3. The van der Waals surface area contributed by atoms with Crippen molar-refractivity contribution < 1.29 is 41.8 Å². The van der Waals surface area contributed by atoms with Gasteiger partial charge in [-0.1, -0.05) is 82.8 Å². The van der Waals surface area contributed by atoms with Gasteiger partial charge in [-0.2, -0.15) is 23.1 Å². The first-order valence-electron chi connectivity index (χ1n) is 27.9. The van der Waals surface area contributed by atoms with Crippen molar-refractivity contribution in [2.75, 3.05) is 50.0 Å². The predicted molar refractivity (Wildman–Crippen MR) is 305 cm³/mol. The molecule has 7 N–H and O–H groups in total. The summed E-state index contributed by atoms with van der Waals surface area (Å²) in [5, 5.41) is 16.6. The third kappa shape index (κ3) is 14.3. The number of nitrogens with zero attached hydrogens (tertiary/aromatic N) is 7. The summed E-state index contributed by atoms with van der Waals surface area (Å²) in [5.41, 5.74) is 13.5. The van der Waals surface area contributed by atoms with Crippen molar-refractivity contribution in [3.63, 3.8) is 0 Å². The number of aromatic nitrogens is 4. The molecule has 16 nitrogen and oxygen atoms in total. The summed E-state index contributed by atoms with van der Waals surface area (Å²) >= 11 is 8.27. The van der Waals surface area contributed by atoms with Gasteiger partial charge in [-0.25, -0.2) is 14.4 Å². The zero-order valence-corrected chi connectivity index (χ0v) is 48.3. The van der Waals surface area contributed by atoms with E-state index < -0.39 is 58.3 Å². The molecule has 8 rings (SSSR count). The second kappa shape index (κ2) is 25.6. The zero-order valence-electron chi connectivity index (χ0n) is 46.8. The fraction of sp³-hybridized carbons (Fsp3) is 0.569. The normalized spacial score (nSPS) is 20.9. The average Bonchev–Trinajstić information content (AvgIpc) is 4.11. The highest BCUT2D eigenvalue weighted by Crippen LogP contribution is 2.45. The van der Waals surface area contributed by atoms with Crippen LogP contribution in [0.5, 0.6) is 6.01 Å². The molecule has 3 saturated heterocycles. The Balaban J connectivity index is 0.841. The predicted octanol–water partition coefficient (Wildman–Crippen LogP) is 9.94. The molecule has 3 aliphatic rings. The molecule has 2 unspecified atom stereocenters. The van der Waals surface area contributed by atoms with Crippen LogP contribution in [0.15, 0.2) is 41.9 Å². The Kier molecular flexibility index (Phi) is 19.3. The Labute approximate surface area is 474 Å². The minimum absolute atomic E-state index is 0.00522. The first-order chi connectivity index (χ1) is 37.9. The van der Waals surface area contributed by atoms with Crippen LogP contribution in [-0.4, -0.2) is 122 Å². The minimum Gasteiger partial charge on any atom is -0.462 e. The van der Waals surface area contributed by atoms with Gasteiger partial charge in [0, 0.05) is 49.9 Å². The Hall–Kier alpha value is -5.74. The molecular weight excluding hydrogens is 1070 g/mol. The van der Waals surface area contributed by atoms with Gasteiger partial charge in [0.05, 0.1) is 50.1 Å². The van der Waals surface area contributed by atoms with Gasteiger partial charge < -0.3 is 41.7 Å². The number of hydrogen-bond acceptors (Lipinski definition) is 14. The summed E-state index contributed by atoms with van der Waals surface area (Å²) in [6.07, 6.45) is 2.08. The number of nitrogens with one attached hydrogen (secondary N) is 2. The lowest BCUT2D eigenvalue weighted by atomic mass is 9.85. The lowest BCUT2D eigenvalue weighted by molar-refractivity contribution is -0.144. The number of hydrogen-bond donors (Lipinski definition) is 5. The number of amides is 3. The van der Waals surface area contributed by atoms with E-state index in [-0.39, 0.29) is 95.2 Å². The van der Waals surface area contributed by atoms with Gasteiger partial charge in [0.2, 0.25) is 17.7 Å². The summed E-state index contributed by atoms with van der Waals surface area (Å²) in [6, 6.07) is 7.87. The molecule has 0 saturated carbocycles. The van der Waals surface area contributed by atoms with E-state index in [0.717, 1.165) is 92.2 Å². The molecule has 6 heterocycles. The highest BCUT2D eigenvalue weighted by molar-refractivity contribution is 7.13. The molecule has 0 aliphatic carbocycles. The third-order valence-corrected chi connectivity index (χ3v) is 17.0. The number of pyridine rings is 1. The van der Waals surface area contributed by atoms with Crippen molar-refractivity contribution in [2.45, 2.75) is 162 Å². The third-order valence-electron chi connectivity index (χ3n) is 15.7. The largest absolute Gasteiger partial charge is 0.462 e. The summed E-state index contributed by atoms with van der Waals surface area (Å²) in [6.45, 7) is 15.5. The molecule has 2 aromatic carbocycles. The molecule has 3 fully saturated rings. The first-order valence-corrected chi connectivity index (χ1v) is 29.1. The van der Waals surface area contributed by atoms with Crippen LogP contribution in [0.2, 0.25) is 5.02 Å². The number of aliphatic hydroxyl groups excluding tert-OH is 1. The van der Waals surface area contributed by atoms with E-state index in [0.29, 0.717) is 25.3 Å². The quantitative estimate of drug-likeness (QED) is 0.0385. The number of rotatable bonds is 19. The summed E-state index contributed by atoms with van der Waals surface area (Å²) in [7, 11) is 0. The number of anilines is 2. The van der Waals surface area contributed by atoms with Crippen molar-refractivity contribution in [3.05, 3.63) is 75.1 Å². The van der Waals surface area contributed by atoms with E-state index in [1.54, 1.807) is 11.3 Å². The van der Waals surface area contributed by atoms with Crippen LogP contribution >= 0.6 is 22.9 Å². The smallest absolute Gasteiger partial charge is 0.418 e. The van der Waals surface area contributed by atoms with Gasteiger partial charge in [0.25, 0.3) is 0 Å². The molecule has 3 amide bonds. The maximum atomic E-state index is 17.0. The molecule has 5 aromatic rings. The molecule has 22 heteroatoms. The minimum atomic E-state index is -4.89. The van der Waals surface area contributed by atoms with E-state index in [9.17, 15) is 32.7 Å². The SMILES string of the molecule is Cc1cc(N)nc(-c2c(Cl)cc3c(N4CC(C)CCC(N)C4)nc(OC[C@@H]4CCCN4CCCCCCCC(=O)N[C@H](C(=O)N4C[C@H](O)C[C@H]4C(=O)N[C@@H](C)c4ccc(-c5scnc5C)cc4)C(C)(C)C)nc3c2F)c1C(F)(F)F. The number of nitrogen functional groups attached to an aromatic ring is 1. The van der Waals surface area contributed by atoms with Gasteiger partial charge in [0.15, 0.2) is 5.82 Å². The molecule has 0 spiro atoms. The number of likely N-dealkylation sites (tertiary alicyclic amines) is 2. The molecule has 7 atom stereocenters. The van der Waals surface area contributed by atoms with E-state index in [2.05, 4.69) is 37.4 Å². The first kappa shape index (κ1) is 60.4. The van der Waals surface area contributed by atoms with Crippen LogP contribution in [0.3, 0.4) is 0 Å². The molecule has 434 valence electrons. The zero-order chi connectivity index (χ0) is 57.8. The van der Waals surface area contributed by atoms with Crippen LogP contribution in [0.4, 0.5) is 29.2 Å². The van der Waals surface area contributed by atoms with Crippen LogP contribution in [0.25, 0.3) is 32.6 Å². The second-order valence-corrected chi connectivity index (χ2v) is 24.5. The lowest BCUT2D eigenvalue weighted by Gasteiger charge is -2.35. The second-order valence-electron chi connectivity index (χ2n) is 23.2. The fourth-order valence-electron chi connectivity index (χ4n) is 11.4. The van der Waals surface area contributed by atoms with E-state index in [4.69, 9.17) is 32.8 Å². The van der Waals surface area contributed by atoms with Gasteiger partial charge >= 0.3 is 12.2 Å². The standard InChI is InChI=1S/C58H76ClF4N11O5S/c1-32-16-21-38(64)28-73(27-32)53-41-26-42(59)46(50-47(58(61,62)63)33(2)24-44(65)68-50)48(60)49(41)70-56(71-53)79-30-39-14-13-23-72(39)22-12-10-8-9-11-15-45(76)69-52(57(5,6)7)55(78)74-29-40(75)25-43(74)54(77)67-34(3)36-17-19-37(20-18-36)51-35(4)66-31-80-51/h17-20,24,26,31-32,34,38-40,43,52,75H,8-16,21-23,25,27-30,64H2,1-7H3,(H2,65,68)(H,67,77)(H,69,76)/t32?,34-,38?,39-,40+,43-,52+/m0/s1. The van der Waals surface area contributed by atoms with Gasteiger partial charge in [0.1, 0.15) is 35.8 Å². The number of benzene rings is 2. The number of aryl methyl sites for hydroxylation is 2. The number of unbranched alkanes of at least 4 members (excludes halogenated alkanes) is 4. The number of alkyl halides is 3. The van der Waals surface area contributed by atoms with Crippen molar-refractivity contribution >= 4 is 63.2 Å². The van der Waals surface area contributed by atoms with Gasteiger partial charge in [-0.05, 0) is 113 Å². The lowest BCUT2D eigenvalue weighted by Crippen LogP contribution is -2.57. The highest BCUT2D eigenvalue weighted by Gasteiger charge is 2.45. The van der Waals surface area contributed by atoms with Crippen molar-refractivity contribution in [3.8, 4) is 27.7 Å². The number of carbonyl (C=O) groups excluding carboxylic acids is 3. The maximum absolute atomic E-state index is 17.0. The van der Waals surface area contributed by atoms with Gasteiger partial charge in [-0.15, -0.1) is 11.3 Å². The van der Waals surface area contributed by atoms with Crippen molar-refractivity contribution in [1.82, 2.24) is 40.4 Å². The number of aliphatic hydroxyl groups is 1. The molecule has 3 aliphatic heterocycles. The molecule has 3 aromatic heterocycles. The number of nitrogens with two attached hydrogens (primary N) is 2. The number of thiazole rings is 1. The van der Waals surface area contributed by atoms with Crippen LogP contribution in [0, 0.1) is 31.0 Å². The topological polar surface area (TPSA) is 218 Å². The Morgan fingerprint density at radius 2 is 1.69 bits per heavy atom. The number of halogens is 5. The van der Waals surface area contributed by atoms with E-state index in [1.165, 1.54) is 17.9 Å². The van der Waals surface area contributed by atoms with Crippen LogP contribution in [-0.2, 0) is 20.6 Å². The molecule has 80 heavy (non-hydrogen) atoms. The van der Waals surface area contributed by atoms with Crippen LogP contribution < -0.4 is 31.7 Å². The number of ether oxygens (including phenoxy) is 1. The number of β-amino-alcohol motifs (C(OH)–C–C–N with tert-alkyl or cyclic N) is 1. The maximum Gasteiger partial charge on any atom is 0.418 e. The Morgan fingerprint density at radius 1 is 0.963 bits per heavy atom. The van der Waals surface area contributed by atoms with Crippen molar-refractivity contribution in [2.24, 2.45) is 17.1 Å². The fourth-order valence-corrected chi connectivity index (χ4v) is 12.5. The van der Waals surface area contributed by atoms with E-state index in [1.807, 2.05) is 69.3 Å². The highest BCUT2D eigenvalue weighted by atomic mass is 35.5. The number of fused-ring (bicyclic) bond motifs is 1. The Morgan fingerprint density at radius 3 is 2.39 bits per heavy atom. The van der Waals surface area contributed by atoms with E-state index >= 15 is 4.39 Å². The monoisotopic (exact) mass is 1150 g/mol.